The number of fused-ring (bicyclic) bond motifs is 2. The van der Waals surface area contributed by atoms with Crippen molar-refractivity contribution in [1.82, 2.24) is 30.0 Å². The average Bonchev–Trinajstić information content (AvgIpc) is 3.72. The molecule has 3 aliphatic rings. The Balaban J connectivity index is 0.000000394. The minimum atomic E-state index is -2.27. The molecule has 0 saturated carbocycles. The molecule has 0 bridgehead atoms. The number of aromatic amines is 2. The first-order valence-corrected chi connectivity index (χ1v) is 16.5. The molecule has 0 aliphatic carbocycles. The lowest BCUT2D eigenvalue weighted by molar-refractivity contribution is -0.165. The quantitative estimate of drug-likeness (QED) is 0.139. The number of aryl methyl sites for hydroxylation is 1. The largest absolute Gasteiger partial charge is 0.505 e. The summed E-state index contributed by atoms with van der Waals surface area (Å²) in [7, 11) is 0. The maximum atomic E-state index is 15.6. The number of carboxylic acids is 2. The summed E-state index contributed by atoms with van der Waals surface area (Å²) < 4.78 is 35.1. The van der Waals surface area contributed by atoms with E-state index >= 15 is 4.39 Å². The smallest absolute Gasteiger partial charge is 0.335 e. The Labute approximate surface area is 289 Å². The van der Waals surface area contributed by atoms with Crippen molar-refractivity contribution in [2.75, 3.05) is 39.4 Å². The number of likely N-dealkylation sites (tertiary alicyclic amines) is 1. The fourth-order valence-corrected chi connectivity index (χ4v) is 6.65. The van der Waals surface area contributed by atoms with E-state index in [1.165, 1.54) is 18.2 Å². The number of nitrogens with one attached hydrogen (secondary N) is 2. The summed E-state index contributed by atoms with van der Waals surface area (Å²) in [5, 5.41) is 49.8. The molecule has 0 radical (unpaired) electrons. The predicted octanol–water partition coefficient (Wildman–Crippen LogP) is 2.04. The number of carbonyl (C=O) groups excluding carboxylic acids is 1. The molecule has 2 aromatic heterocycles. The Morgan fingerprint density at radius 3 is 2.29 bits per heavy atom. The SMILES string of the molecule is CCc1cc(O)c(F)cc1-c1cc(F)c2c(-c3nc4c([nH]3)CN(C(=O)CN3CCC5(CC3)COC5)CC4)n[nH]c2c1.O=C(O)C(O)C(O)C(=O)O. The number of hydrogen-bond acceptors (Lipinski definition) is 10. The van der Waals surface area contributed by atoms with Crippen molar-refractivity contribution in [2.45, 2.75) is 51.4 Å². The van der Waals surface area contributed by atoms with Crippen LogP contribution in [0.2, 0.25) is 0 Å². The molecular formula is C34H38F2N6O9. The number of carbonyl (C=O) groups is 3. The third-order valence-corrected chi connectivity index (χ3v) is 9.79. The summed E-state index contributed by atoms with van der Waals surface area (Å²) in [5.74, 6) is -4.69. The van der Waals surface area contributed by atoms with Crippen LogP contribution in [0.1, 0.15) is 36.7 Å². The molecule has 3 aliphatic heterocycles. The number of amides is 1. The Hall–Kier alpha value is -4.97. The van der Waals surface area contributed by atoms with Crippen molar-refractivity contribution in [3.05, 3.63) is 52.9 Å². The minimum absolute atomic E-state index is 0.105. The molecule has 17 heteroatoms. The Morgan fingerprint density at radius 2 is 1.69 bits per heavy atom. The van der Waals surface area contributed by atoms with E-state index in [2.05, 4.69) is 20.1 Å². The maximum absolute atomic E-state index is 15.6. The predicted molar refractivity (Wildman–Crippen MR) is 175 cm³/mol. The number of aliphatic carboxylic acids is 2. The first-order chi connectivity index (χ1) is 24.3. The van der Waals surface area contributed by atoms with Crippen molar-refractivity contribution in [3.63, 3.8) is 0 Å². The number of aliphatic hydroxyl groups is 2. The van der Waals surface area contributed by atoms with Crippen LogP contribution in [0.5, 0.6) is 5.75 Å². The van der Waals surface area contributed by atoms with E-state index in [0.717, 1.165) is 50.5 Å². The molecule has 2 fully saturated rings. The molecule has 2 atom stereocenters. The number of imidazole rings is 1. The van der Waals surface area contributed by atoms with Crippen LogP contribution >= 0.6 is 0 Å². The van der Waals surface area contributed by atoms with E-state index in [4.69, 9.17) is 30.1 Å². The molecule has 4 aromatic rings. The summed E-state index contributed by atoms with van der Waals surface area (Å²) in [6.07, 6.45) is -1.22. The van der Waals surface area contributed by atoms with Gasteiger partial charge in [-0.15, -0.1) is 0 Å². The van der Waals surface area contributed by atoms with Gasteiger partial charge >= 0.3 is 11.9 Å². The highest BCUT2D eigenvalue weighted by molar-refractivity contribution is 5.95. The van der Waals surface area contributed by atoms with Crippen LogP contribution in [0, 0.1) is 17.0 Å². The van der Waals surface area contributed by atoms with Gasteiger partial charge in [-0.3, -0.25) is 14.8 Å². The number of aromatic hydroxyl groups is 1. The van der Waals surface area contributed by atoms with E-state index in [1.54, 1.807) is 6.07 Å². The van der Waals surface area contributed by atoms with Gasteiger partial charge in [0.15, 0.2) is 29.6 Å². The number of piperidine rings is 1. The van der Waals surface area contributed by atoms with E-state index in [0.29, 0.717) is 71.6 Å². The van der Waals surface area contributed by atoms with Crippen molar-refractivity contribution >= 4 is 28.7 Å². The van der Waals surface area contributed by atoms with Crippen molar-refractivity contribution in [2.24, 2.45) is 5.41 Å². The number of carboxylic acid groups (broad SMARTS) is 2. The zero-order valence-corrected chi connectivity index (χ0v) is 27.7. The minimum Gasteiger partial charge on any atom is -0.505 e. The second-order valence-electron chi connectivity index (χ2n) is 13.2. The zero-order chi connectivity index (χ0) is 36.6. The lowest BCUT2D eigenvalue weighted by atomic mass is 9.77. The van der Waals surface area contributed by atoms with Crippen LogP contribution in [0.15, 0.2) is 24.3 Å². The number of halogens is 2. The number of rotatable bonds is 8. The fourth-order valence-electron chi connectivity index (χ4n) is 6.65. The molecule has 51 heavy (non-hydrogen) atoms. The number of phenolic OH excluding ortho intramolecular Hbond substituents is 1. The lowest BCUT2D eigenvalue weighted by Crippen LogP contribution is -2.52. The molecule has 5 heterocycles. The van der Waals surface area contributed by atoms with Gasteiger partial charge in [0.05, 0.1) is 48.6 Å². The topological polar surface area (TPSA) is 225 Å². The van der Waals surface area contributed by atoms with Gasteiger partial charge in [0.1, 0.15) is 11.5 Å². The molecule has 2 aromatic carbocycles. The van der Waals surface area contributed by atoms with Gasteiger partial charge in [-0.05, 0) is 73.3 Å². The van der Waals surface area contributed by atoms with E-state index < -0.39 is 41.5 Å². The molecule has 2 saturated heterocycles. The highest BCUT2D eigenvalue weighted by Crippen LogP contribution is 2.39. The van der Waals surface area contributed by atoms with Crippen LogP contribution in [0.3, 0.4) is 0 Å². The maximum Gasteiger partial charge on any atom is 0.335 e. The van der Waals surface area contributed by atoms with Gasteiger partial charge in [-0.25, -0.2) is 23.4 Å². The summed E-state index contributed by atoms with van der Waals surface area (Å²) >= 11 is 0. The summed E-state index contributed by atoms with van der Waals surface area (Å²) in [5.41, 5.74) is 4.54. The second-order valence-corrected chi connectivity index (χ2v) is 13.2. The third kappa shape index (κ3) is 7.28. The molecule has 272 valence electrons. The lowest BCUT2D eigenvalue weighted by Gasteiger charge is -2.47. The highest BCUT2D eigenvalue weighted by atomic mass is 19.1. The number of aliphatic hydroxyl groups excluding tert-OH is 2. The van der Waals surface area contributed by atoms with Crippen LogP contribution in [0.4, 0.5) is 8.78 Å². The zero-order valence-electron chi connectivity index (χ0n) is 27.7. The molecule has 2 unspecified atom stereocenters. The van der Waals surface area contributed by atoms with E-state index in [-0.39, 0.29) is 11.3 Å². The number of benzene rings is 2. The summed E-state index contributed by atoms with van der Waals surface area (Å²) in [4.78, 5) is 44.8. The number of phenols is 1. The number of aromatic nitrogens is 4. The van der Waals surface area contributed by atoms with E-state index in [9.17, 15) is 23.9 Å². The molecule has 1 spiro atoms. The molecule has 15 nitrogen and oxygen atoms in total. The van der Waals surface area contributed by atoms with Crippen LogP contribution < -0.4 is 0 Å². The van der Waals surface area contributed by atoms with Gasteiger partial charge in [0, 0.05) is 18.4 Å². The highest BCUT2D eigenvalue weighted by Gasteiger charge is 2.41. The summed E-state index contributed by atoms with van der Waals surface area (Å²) in [6.45, 7) is 6.85. The number of hydrogen-bond donors (Lipinski definition) is 7. The molecule has 7 N–H and O–H groups in total. The van der Waals surface area contributed by atoms with E-state index in [1.807, 2.05) is 11.8 Å². The Kier molecular flexibility index (Phi) is 10.1. The first kappa shape index (κ1) is 35.8. The average molecular weight is 713 g/mol. The summed E-state index contributed by atoms with van der Waals surface area (Å²) in [6, 6.07) is 5.68. The van der Waals surface area contributed by atoms with Gasteiger partial charge in [-0.2, -0.15) is 5.10 Å². The molecule has 1 amide bonds. The monoisotopic (exact) mass is 712 g/mol. The molecular weight excluding hydrogens is 674 g/mol. The second kappa shape index (κ2) is 14.3. The number of ether oxygens (including phenoxy) is 1. The fraction of sp³-hybridized carbons (Fsp3) is 0.441. The molecule has 7 rings (SSSR count). The van der Waals surface area contributed by atoms with Crippen molar-refractivity contribution < 1.29 is 53.4 Å². The van der Waals surface area contributed by atoms with Crippen LogP contribution in [-0.4, -0.2) is 125 Å². The first-order valence-electron chi connectivity index (χ1n) is 16.5. The van der Waals surface area contributed by atoms with Crippen LogP contribution in [-0.2, 0) is 38.5 Å². The Morgan fingerprint density at radius 1 is 1.00 bits per heavy atom. The number of H-pyrrole nitrogens is 2. The Bertz CT molecular complexity index is 1950. The third-order valence-electron chi connectivity index (χ3n) is 9.79. The van der Waals surface area contributed by atoms with Crippen molar-refractivity contribution in [1.29, 1.82) is 0 Å². The number of nitrogens with zero attached hydrogens (tertiary/aromatic N) is 4. The standard InChI is InChI=1S/C30H32F2N6O3.C4H6O6/c1-2-17-11-25(39)20(31)12-19(17)18-9-21(32)27-23(10-18)35-36-28(27)29-33-22-3-6-38(13-24(22)34-29)26(40)14-37-7-4-30(5-8-37)15-41-16-30;5-1(3(7)8)2(6)4(9)10/h9-12,39H,2-8,13-16H2,1H3,(H,33,34)(H,35,36);1-2,5-6H,(H,7,8)(H,9,10). The van der Waals surface area contributed by atoms with Gasteiger partial charge in [0.2, 0.25) is 5.91 Å². The van der Waals surface area contributed by atoms with Gasteiger partial charge < -0.3 is 40.2 Å². The van der Waals surface area contributed by atoms with Crippen LogP contribution in [0.25, 0.3) is 33.5 Å². The van der Waals surface area contributed by atoms with Gasteiger partial charge in [0.25, 0.3) is 0 Å². The van der Waals surface area contributed by atoms with Gasteiger partial charge in [-0.1, -0.05) is 6.92 Å². The van der Waals surface area contributed by atoms with Crippen molar-refractivity contribution in [3.8, 4) is 28.4 Å². The normalized spacial score (nSPS) is 18.0.